The molecule has 0 radical (unpaired) electrons. The molecule has 1 heterocycles. The Morgan fingerprint density at radius 1 is 1.53 bits per heavy atom. The lowest BCUT2D eigenvalue weighted by atomic mass is 10.3. The molecule has 0 aliphatic carbocycles. The summed E-state index contributed by atoms with van der Waals surface area (Å²) in [5, 5.41) is 9.32. The molecule has 0 amide bonds. The fourth-order valence-electron chi connectivity index (χ4n) is 1.46. The second-order valence-electron chi connectivity index (χ2n) is 4.14. The topological polar surface area (TPSA) is 71.6 Å². The van der Waals surface area contributed by atoms with Gasteiger partial charge in [0.15, 0.2) is 0 Å². The second kappa shape index (κ2) is 6.30. The molecule has 0 saturated carbocycles. The van der Waals surface area contributed by atoms with Crippen LogP contribution >= 0.6 is 0 Å². The normalized spacial score (nSPS) is 12.2. The Hall–Kier alpha value is -1.49. The molecule has 17 heavy (non-hydrogen) atoms. The number of aliphatic hydroxyl groups excluding tert-OH is 1. The van der Waals surface area contributed by atoms with E-state index in [1.54, 1.807) is 13.0 Å². The first-order valence-corrected chi connectivity index (χ1v) is 5.83. The molecule has 1 rings (SSSR count). The van der Waals surface area contributed by atoms with E-state index in [4.69, 9.17) is 10.5 Å². The number of nitrogens with two attached hydrogens (primary N) is 1. The fraction of sp³-hybridized carbons (Fsp3) is 0.583. The van der Waals surface area contributed by atoms with Crippen molar-refractivity contribution in [2.75, 3.05) is 30.8 Å². The number of hydrogen-bond donors (Lipinski definition) is 2. The minimum absolute atomic E-state index is 0.403. The Balaban J connectivity index is 2.80. The second-order valence-corrected chi connectivity index (χ2v) is 4.14. The molecule has 5 heteroatoms. The number of anilines is 2. The average Bonchev–Trinajstić information content (AvgIpc) is 2.27. The third kappa shape index (κ3) is 4.11. The van der Waals surface area contributed by atoms with Crippen molar-refractivity contribution < 1.29 is 9.84 Å². The molecule has 0 aromatic carbocycles. The lowest BCUT2D eigenvalue weighted by molar-refractivity contribution is 0.201. The van der Waals surface area contributed by atoms with Crippen LogP contribution < -0.4 is 15.4 Å². The summed E-state index contributed by atoms with van der Waals surface area (Å²) in [7, 11) is 1.87. The summed E-state index contributed by atoms with van der Waals surface area (Å²) in [6.45, 7) is 4.88. The third-order valence-electron chi connectivity index (χ3n) is 2.25. The van der Waals surface area contributed by atoms with Gasteiger partial charge in [-0.2, -0.15) is 4.98 Å². The smallest absolute Gasteiger partial charge is 0.239 e. The number of pyridine rings is 1. The average molecular weight is 239 g/mol. The lowest BCUT2D eigenvalue weighted by Crippen LogP contribution is -2.27. The zero-order valence-electron chi connectivity index (χ0n) is 10.7. The standard InChI is InChI=1S/C12H21N3O2/c1-4-7-17-12-10(13)5-6-11(14-12)15(3)8-9(2)16/h5-6,9,16H,4,7-8,13H2,1-3H3. The molecule has 1 aromatic heterocycles. The van der Waals surface area contributed by atoms with Gasteiger partial charge < -0.3 is 20.5 Å². The molecule has 1 unspecified atom stereocenters. The largest absolute Gasteiger partial charge is 0.476 e. The monoisotopic (exact) mass is 239 g/mol. The van der Waals surface area contributed by atoms with E-state index in [-0.39, 0.29) is 0 Å². The fourth-order valence-corrected chi connectivity index (χ4v) is 1.46. The molecule has 0 fully saturated rings. The van der Waals surface area contributed by atoms with Gasteiger partial charge in [-0.05, 0) is 25.5 Å². The maximum absolute atomic E-state index is 9.32. The van der Waals surface area contributed by atoms with Gasteiger partial charge in [0.05, 0.1) is 18.4 Å². The molecule has 3 N–H and O–H groups in total. The summed E-state index contributed by atoms with van der Waals surface area (Å²) in [5.74, 6) is 1.20. The van der Waals surface area contributed by atoms with E-state index in [0.717, 1.165) is 12.2 Å². The highest BCUT2D eigenvalue weighted by Crippen LogP contribution is 2.22. The molecule has 1 atom stereocenters. The van der Waals surface area contributed by atoms with E-state index in [1.807, 2.05) is 24.9 Å². The highest BCUT2D eigenvalue weighted by molar-refractivity contribution is 5.54. The van der Waals surface area contributed by atoms with Crippen LogP contribution in [0.5, 0.6) is 5.88 Å². The van der Waals surface area contributed by atoms with Gasteiger partial charge in [0.25, 0.3) is 0 Å². The number of ether oxygens (including phenoxy) is 1. The SMILES string of the molecule is CCCOc1nc(N(C)CC(C)O)ccc1N. The number of likely N-dealkylation sites (N-methyl/N-ethyl adjacent to an activating group) is 1. The lowest BCUT2D eigenvalue weighted by Gasteiger charge is -2.20. The zero-order valence-corrected chi connectivity index (χ0v) is 10.7. The number of nitrogens with zero attached hydrogens (tertiary/aromatic N) is 2. The van der Waals surface area contributed by atoms with Gasteiger partial charge in [-0.1, -0.05) is 6.92 Å². The Morgan fingerprint density at radius 2 is 2.24 bits per heavy atom. The maximum Gasteiger partial charge on any atom is 0.239 e. The summed E-state index contributed by atoms with van der Waals surface area (Å²) >= 11 is 0. The first kappa shape index (κ1) is 13.6. The van der Waals surface area contributed by atoms with Crippen molar-refractivity contribution in [1.82, 2.24) is 4.98 Å². The van der Waals surface area contributed by atoms with Crippen LogP contribution in [-0.4, -0.2) is 36.4 Å². The van der Waals surface area contributed by atoms with Crippen molar-refractivity contribution in [2.45, 2.75) is 26.4 Å². The van der Waals surface area contributed by atoms with E-state index in [0.29, 0.717) is 24.7 Å². The van der Waals surface area contributed by atoms with Crippen LogP contribution in [0.15, 0.2) is 12.1 Å². The van der Waals surface area contributed by atoms with Crippen molar-refractivity contribution in [3.05, 3.63) is 12.1 Å². The van der Waals surface area contributed by atoms with E-state index in [2.05, 4.69) is 4.98 Å². The number of aliphatic hydroxyl groups is 1. The summed E-state index contributed by atoms with van der Waals surface area (Å²) in [6.07, 6.45) is 0.508. The number of nitrogen functional groups attached to an aromatic ring is 1. The van der Waals surface area contributed by atoms with Crippen molar-refractivity contribution in [3.8, 4) is 5.88 Å². The number of aromatic nitrogens is 1. The van der Waals surface area contributed by atoms with Crippen LogP contribution in [-0.2, 0) is 0 Å². The molecule has 5 nitrogen and oxygen atoms in total. The van der Waals surface area contributed by atoms with E-state index in [9.17, 15) is 5.11 Å². The first-order chi connectivity index (χ1) is 8.04. The quantitative estimate of drug-likeness (QED) is 0.782. The molecule has 96 valence electrons. The molecular weight excluding hydrogens is 218 g/mol. The summed E-state index contributed by atoms with van der Waals surface area (Å²) in [6, 6.07) is 3.59. The van der Waals surface area contributed by atoms with E-state index in [1.165, 1.54) is 0 Å². The van der Waals surface area contributed by atoms with Gasteiger partial charge in [0.1, 0.15) is 5.82 Å². The third-order valence-corrected chi connectivity index (χ3v) is 2.25. The molecular formula is C12H21N3O2. The van der Waals surface area contributed by atoms with Crippen molar-refractivity contribution in [3.63, 3.8) is 0 Å². The number of rotatable bonds is 6. The van der Waals surface area contributed by atoms with Crippen LogP contribution in [0.25, 0.3) is 0 Å². The highest BCUT2D eigenvalue weighted by Gasteiger charge is 2.09. The van der Waals surface area contributed by atoms with E-state index >= 15 is 0 Å². The van der Waals surface area contributed by atoms with Gasteiger partial charge in [-0.3, -0.25) is 0 Å². The number of hydrogen-bond acceptors (Lipinski definition) is 5. The van der Waals surface area contributed by atoms with Crippen molar-refractivity contribution in [2.24, 2.45) is 0 Å². The minimum atomic E-state index is -0.403. The van der Waals surface area contributed by atoms with E-state index < -0.39 is 6.10 Å². The molecule has 0 bridgehead atoms. The molecule has 1 aromatic rings. The summed E-state index contributed by atoms with van der Waals surface area (Å²) in [5.41, 5.74) is 6.31. The predicted molar refractivity (Wildman–Crippen MR) is 69.4 cm³/mol. The Labute approximate surface area is 102 Å². The summed E-state index contributed by atoms with van der Waals surface area (Å²) < 4.78 is 5.46. The van der Waals surface area contributed by atoms with Crippen molar-refractivity contribution >= 4 is 11.5 Å². The van der Waals surface area contributed by atoms with Crippen LogP contribution in [0.3, 0.4) is 0 Å². The van der Waals surface area contributed by atoms with Crippen LogP contribution in [0, 0.1) is 0 Å². The van der Waals surface area contributed by atoms with Crippen LogP contribution in [0.2, 0.25) is 0 Å². The molecule has 0 saturated heterocycles. The summed E-state index contributed by atoms with van der Waals surface area (Å²) in [4.78, 5) is 6.19. The van der Waals surface area contributed by atoms with Gasteiger partial charge in [-0.25, -0.2) is 0 Å². The predicted octanol–water partition coefficient (Wildman–Crippen LogP) is 1.27. The minimum Gasteiger partial charge on any atom is -0.476 e. The maximum atomic E-state index is 9.32. The van der Waals surface area contributed by atoms with Gasteiger partial charge >= 0.3 is 0 Å². The Morgan fingerprint density at radius 3 is 2.82 bits per heavy atom. The van der Waals surface area contributed by atoms with Crippen LogP contribution in [0.1, 0.15) is 20.3 Å². The molecule has 0 aliphatic rings. The zero-order chi connectivity index (χ0) is 12.8. The molecule has 0 aliphatic heterocycles. The van der Waals surface area contributed by atoms with Gasteiger partial charge in [0, 0.05) is 13.6 Å². The molecule has 0 spiro atoms. The van der Waals surface area contributed by atoms with Gasteiger partial charge in [0.2, 0.25) is 5.88 Å². The van der Waals surface area contributed by atoms with Crippen LogP contribution in [0.4, 0.5) is 11.5 Å². The first-order valence-electron chi connectivity index (χ1n) is 5.83. The Kier molecular flexibility index (Phi) is 5.03. The van der Waals surface area contributed by atoms with Crippen molar-refractivity contribution in [1.29, 1.82) is 0 Å². The highest BCUT2D eigenvalue weighted by atomic mass is 16.5. The van der Waals surface area contributed by atoms with Gasteiger partial charge in [-0.15, -0.1) is 0 Å². The Bertz CT molecular complexity index is 356.